The van der Waals surface area contributed by atoms with Crippen LogP contribution in [-0.2, 0) is 16.1 Å². The van der Waals surface area contributed by atoms with Crippen LogP contribution in [-0.4, -0.2) is 57.5 Å². The molecule has 2 aliphatic rings. The van der Waals surface area contributed by atoms with E-state index in [9.17, 15) is 19.8 Å². The van der Waals surface area contributed by atoms with Crippen molar-refractivity contribution in [1.82, 2.24) is 4.90 Å². The molecule has 0 radical (unpaired) electrons. The van der Waals surface area contributed by atoms with Crippen LogP contribution in [0.4, 0.5) is 0 Å². The van der Waals surface area contributed by atoms with Crippen molar-refractivity contribution < 1.29 is 24.3 Å². The number of carboxylic acids is 1. The maximum atomic E-state index is 12.3. The summed E-state index contributed by atoms with van der Waals surface area (Å²) in [6.45, 7) is 12.4. The van der Waals surface area contributed by atoms with Crippen molar-refractivity contribution in [3.8, 4) is 0 Å². The molecule has 1 saturated heterocycles. The van der Waals surface area contributed by atoms with Crippen LogP contribution in [0.15, 0.2) is 39.1 Å². The molecule has 1 aromatic rings. The van der Waals surface area contributed by atoms with Crippen LogP contribution in [0.25, 0.3) is 0 Å². The number of rotatable bonds is 9. The Morgan fingerprint density at radius 3 is 2.31 bits per heavy atom. The van der Waals surface area contributed by atoms with E-state index in [2.05, 4.69) is 32.9 Å². The predicted octanol–water partition coefficient (Wildman–Crippen LogP) is 1.99. The van der Waals surface area contributed by atoms with E-state index in [0.29, 0.717) is 4.24 Å². The Bertz CT molecular complexity index is 810. The van der Waals surface area contributed by atoms with Gasteiger partial charge in [-0.1, -0.05) is 35.7 Å². The second kappa shape index (κ2) is 8.71. The summed E-state index contributed by atoms with van der Waals surface area (Å²) in [7, 11) is 0. The van der Waals surface area contributed by atoms with Crippen LogP contribution >= 0.6 is 23.5 Å². The van der Waals surface area contributed by atoms with E-state index in [1.54, 1.807) is 6.92 Å². The van der Waals surface area contributed by atoms with Crippen molar-refractivity contribution in [2.45, 2.75) is 50.6 Å². The summed E-state index contributed by atoms with van der Waals surface area (Å²) in [5.74, 6) is -2.28. The number of hydrogen-bond acceptors (Lipinski definition) is 6. The molecule has 3 rings (SSSR count). The van der Waals surface area contributed by atoms with Gasteiger partial charge in [0.25, 0.3) is 0 Å². The van der Waals surface area contributed by atoms with E-state index in [-0.39, 0.29) is 17.0 Å². The number of hydrogen-bond donors (Lipinski definition) is 1. The van der Waals surface area contributed by atoms with Crippen LogP contribution < -0.4 is 5.11 Å². The van der Waals surface area contributed by atoms with E-state index < -0.39 is 18.0 Å². The van der Waals surface area contributed by atoms with Crippen LogP contribution in [0.1, 0.15) is 33.3 Å². The number of aliphatic hydroxyl groups is 1. The molecule has 0 bridgehead atoms. The van der Waals surface area contributed by atoms with E-state index in [0.717, 1.165) is 35.6 Å². The number of aliphatic carboxylic acids is 1. The maximum Gasteiger partial charge on any atom is 0.236 e. The number of β-lactam (4-membered cyclic amide) rings is 1. The molecule has 0 spiro atoms. The zero-order valence-corrected chi connectivity index (χ0v) is 18.9. The smallest absolute Gasteiger partial charge is 0.236 e. The van der Waals surface area contributed by atoms with Crippen molar-refractivity contribution >= 4 is 35.4 Å². The molecule has 1 N–H and O–H groups in total. The summed E-state index contributed by atoms with van der Waals surface area (Å²) < 4.78 is 1.57. The zero-order chi connectivity index (χ0) is 21.3. The first-order valence-corrected chi connectivity index (χ1v) is 11.7. The Balaban J connectivity index is 1.76. The molecular formula is C21H28N2O4S2. The molecule has 1 amide bonds. The number of carbonyl (C=O) groups is 2. The summed E-state index contributed by atoms with van der Waals surface area (Å²) in [5.41, 5.74) is 1.18. The molecule has 0 saturated carbocycles. The van der Waals surface area contributed by atoms with Gasteiger partial charge in [0.15, 0.2) is 0 Å². The highest BCUT2D eigenvalue weighted by molar-refractivity contribution is 8.22. The number of aliphatic hydroxyl groups excluding tert-OH is 1. The minimum atomic E-state index is -1.35. The number of quaternary nitrogens is 1. The standard InChI is InChI=1S/C21H28N2O4S2/c1-5-23(6-2,7-3)12-14-8-10-15(11-9-14)28-21-17(20(26)27)22-18(25)16(13(4)24)19(22)29-21/h8-11,13,16,19,24H,5-7,12H2,1-4H3/t13-,16+,19-/m1/s1. The van der Waals surface area contributed by atoms with E-state index in [4.69, 9.17) is 0 Å². The number of nitrogens with zero attached hydrogens (tertiary/aromatic N) is 2. The quantitative estimate of drug-likeness (QED) is 0.471. The Kier molecular flexibility index (Phi) is 6.67. The van der Waals surface area contributed by atoms with Gasteiger partial charge in [-0.05, 0) is 39.8 Å². The second-order valence-corrected chi connectivity index (χ2v) is 10.1. The maximum absolute atomic E-state index is 12.3. The van der Waals surface area contributed by atoms with Crippen LogP contribution in [0, 0.1) is 5.92 Å². The molecule has 2 aliphatic heterocycles. The summed E-state index contributed by atoms with van der Waals surface area (Å²) in [4.78, 5) is 26.1. The number of fused-ring (bicyclic) bond motifs is 1. The number of carbonyl (C=O) groups excluding carboxylic acids is 2. The molecule has 3 atom stereocenters. The first-order valence-electron chi connectivity index (χ1n) is 10.0. The van der Waals surface area contributed by atoms with Gasteiger partial charge in [-0.3, -0.25) is 9.69 Å². The summed E-state index contributed by atoms with van der Waals surface area (Å²) >= 11 is 2.66. The molecule has 0 aromatic heterocycles. The molecule has 0 unspecified atom stereocenters. The largest absolute Gasteiger partial charge is 0.543 e. The van der Waals surface area contributed by atoms with Gasteiger partial charge in [-0.15, -0.1) is 0 Å². The third-order valence-electron chi connectivity index (χ3n) is 6.12. The van der Waals surface area contributed by atoms with E-state index in [1.807, 2.05) is 12.1 Å². The van der Waals surface area contributed by atoms with Crippen LogP contribution in [0.5, 0.6) is 0 Å². The molecular weight excluding hydrogens is 408 g/mol. The lowest BCUT2D eigenvalue weighted by Gasteiger charge is -2.44. The summed E-state index contributed by atoms with van der Waals surface area (Å²) in [6, 6.07) is 8.18. The lowest BCUT2D eigenvalue weighted by molar-refractivity contribution is -0.936. The second-order valence-electron chi connectivity index (χ2n) is 7.60. The Morgan fingerprint density at radius 1 is 1.24 bits per heavy atom. The molecule has 29 heavy (non-hydrogen) atoms. The van der Waals surface area contributed by atoms with Gasteiger partial charge in [0, 0.05) is 10.5 Å². The van der Waals surface area contributed by atoms with Crippen LogP contribution in [0.2, 0.25) is 0 Å². The lowest BCUT2D eigenvalue weighted by Crippen LogP contribution is -2.61. The third-order valence-corrected chi connectivity index (χ3v) is 8.70. The first-order chi connectivity index (χ1) is 13.8. The van der Waals surface area contributed by atoms with Gasteiger partial charge < -0.3 is 19.5 Å². The Labute approximate surface area is 180 Å². The highest BCUT2D eigenvalue weighted by Gasteiger charge is 2.56. The fraction of sp³-hybridized carbons (Fsp3) is 0.524. The number of thioether (sulfide) groups is 2. The van der Waals surface area contributed by atoms with E-state index >= 15 is 0 Å². The highest BCUT2D eigenvalue weighted by atomic mass is 32.2. The average Bonchev–Trinajstić information content (AvgIpc) is 3.01. The van der Waals surface area contributed by atoms with Gasteiger partial charge in [-0.2, -0.15) is 0 Å². The lowest BCUT2D eigenvalue weighted by atomic mass is 9.92. The average molecular weight is 437 g/mol. The summed E-state index contributed by atoms with van der Waals surface area (Å²) in [5, 5.41) is 21.1. The summed E-state index contributed by atoms with van der Waals surface area (Å²) in [6.07, 6.45) is -0.808. The zero-order valence-electron chi connectivity index (χ0n) is 17.3. The van der Waals surface area contributed by atoms with Crippen molar-refractivity contribution in [2.75, 3.05) is 19.6 Å². The molecule has 1 fully saturated rings. The van der Waals surface area contributed by atoms with Gasteiger partial charge >= 0.3 is 0 Å². The monoisotopic (exact) mass is 436 g/mol. The van der Waals surface area contributed by atoms with Gasteiger partial charge in [-0.25, -0.2) is 0 Å². The normalized spacial score (nSPS) is 22.5. The van der Waals surface area contributed by atoms with Gasteiger partial charge in [0.2, 0.25) is 5.91 Å². The van der Waals surface area contributed by atoms with Crippen molar-refractivity contribution in [1.29, 1.82) is 0 Å². The minimum Gasteiger partial charge on any atom is -0.543 e. The Morgan fingerprint density at radius 2 is 1.83 bits per heavy atom. The highest BCUT2D eigenvalue weighted by Crippen LogP contribution is 2.54. The number of benzene rings is 1. The molecule has 8 heteroatoms. The Hall–Kier alpha value is -1.48. The van der Waals surface area contributed by atoms with Crippen LogP contribution in [0.3, 0.4) is 0 Å². The third kappa shape index (κ3) is 4.08. The molecule has 0 aliphatic carbocycles. The SMILES string of the molecule is CC[N+](CC)(CC)Cc1ccc(SC2=C(C(=O)[O-])N3C(=O)[C@H]([C@@H](C)O)[C@H]3S2)cc1. The molecule has 158 valence electrons. The number of amides is 1. The molecule has 1 aromatic carbocycles. The number of carboxylic acid groups (broad SMARTS) is 1. The van der Waals surface area contributed by atoms with Crippen molar-refractivity contribution in [2.24, 2.45) is 5.92 Å². The minimum absolute atomic E-state index is 0.0744. The van der Waals surface area contributed by atoms with Gasteiger partial charge in [0.05, 0.1) is 47.6 Å². The van der Waals surface area contributed by atoms with Crippen molar-refractivity contribution in [3.63, 3.8) is 0 Å². The fourth-order valence-electron chi connectivity index (χ4n) is 3.98. The molecule has 6 nitrogen and oxygen atoms in total. The fourth-order valence-corrected chi connectivity index (χ4v) is 6.84. The topological polar surface area (TPSA) is 80.7 Å². The molecule has 2 heterocycles. The predicted molar refractivity (Wildman–Crippen MR) is 113 cm³/mol. The van der Waals surface area contributed by atoms with Crippen molar-refractivity contribution in [3.05, 3.63) is 39.8 Å². The van der Waals surface area contributed by atoms with Gasteiger partial charge in [0.1, 0.15) is 11.9 Å². The van der Waals surface area contributed by atoms with E-state index in [1.165, 1.54) is 34.0 Å². The first kappa shape index (κ1) is 22.2.